The number of nitrogens with zero attached hydrogens (tertiary/aromatic N) is 1. The summed E-state index contributed by atoms with van der Waals surface area (Å²) in [5.74, 6) is 0.910. The molecule has 8 nitrogen and oxygen atoms in total. The van der Waals surface area contributed by atoms with E-state index in [9.17, 15) is 19.2 Å². The predicted octanol–water partition coefficient (Wildman–Crippen LogP) is 5.45. The van der Waals surface area contributed by atoms with E-state index in [-0.39, 0.29) is 24.8 Å². The van der Waals surface area contributed by atoms with Gasteiger partial charge in [0.15, 0.2) is 0 Å². The van der Waals surface area contributed by atoms with E-state index >= 15 is 0 Å². The second kappa shape index (κ2) is 16.7. The molecule has 0 aromatic heterocycles. The standard InChI is InChI=1S/C31H39ClN3O5SSi/c32-27-12-6-9-24(19-27)21-40-31(39)33-41-28(20-23-7-2-1-3-8-23)30(38)34-42(22-36)18-15-29(37)35-16-13-25-10-4-5-11-26(25)14-17-35/h4-6,9-12,19,22-23,28H,1-3,7-8,13-18,20-21H2,(H,33,39)(H,34,38)/t28-/m0/s1. The molecule has 2 N–H and O–H groups in total. The molecule has 0 bridgehead atoms. The van der Waals surface area contributed by atoms with Gasteiger partial charge in [-0.3, -0.25) is 14.3 Å². The van der Waals surface area contributed by atoms with E-state index < -0.39 is 20.3 Å². The average Bonchev–Trinajstić information content (AvgIpc) is 3.23. The number of fused-ring (bicyclic) bond motifs is 1. The van der Waals surface area contributed by atoms with Crippen LogP contribution in [0.5, 0.6) is 0 Å². The molecular weight excluding hydrogens is 590 g/mol. The first-order valence-corrected chi connectivity index (χ1v) is 17.7. The number of carbonyl (C=O) groups excluding carboxylic acids is 4. The van der Waals surface area contributed by atoms with E-state index in [0.29, 0.717) is 36.5 Å². The molecular formula is C31H39ClN3O5SSi. The lowest BCUT2D eigenvalue weighted by molar-refractivity contribution is -0.130. The van der Waals surface area contributed by atoms with Crippen molar-refractivity contribution in [2.45, 2.75) is 75.7 Å². The topological polar surface area (TPSA) is 105 Å². The number of benzene rings is 2. The lowest BCUT2D eigenvalue weighted by atomic mass is 9.86. The van der Waals surface area contributed by atoms with Crippen molar-refractivity contribution in [3.05, 3.63) is 70.2 Å². The van der Waals surface area contributed by atoms with Gasteiger partial charge in [0.05, 0.1) is 0 Å². The van der Waals surface area contributed by atoms with Gasteiger partial charge < -0.3 is 19.4 Å². The van der Waals surface area contributed by atoms with Gasteiger partial charge in [0.2, 0.25) is 20.8 Å². The number of nitrogens with one attached hydrogen (secondary N) is 2. The summed E-state index contributed by atoms with van der Waals surface area (Å²) in [5, 5.41) is -0.00633. The van der Waals surface area contributed by atoms with Crippen LogP contribution in [0.1, 0.15) is 61.6 Å². The van der Waals surface area contributed by atoms with Crippen LogP contribution in [0.3, 0.4) is 0 Å². The van der Waals surface area contributed by atoms with Gasteiger partial charge in [-0.1, -0.05) is 80.1 Å². The minimum atomic E-state index is -1.95. The third-order valence-corrected chi connectivity index (χ3v) is 10.8. The van der Waals surface area contributed by atoms with Crippen LogP contribution in [0, 0.1) is 5.92 Å². The molecule has 2 aliphatic rings. The highest BCUT2D eigenvalue weighted by Crippen LogP contribution is 2.30. The zero-order valence-electron chi connectivity index (χ0n) is 23.8. The SMILES string of the molecule is O=C[Si](CCC(=O)N1CCc2ccccc2CC1)NC(=O)[C@H](CC1CCCCC1)SNC(=O)OCc1cccc(Cl)c1. The minimum Gasteiger partial charge on any atom is -0.444 e. The van der Waals surface area contributed by atoms with Crippen molar-refractivity contribution >= 4 is 56.3 Å². The summed E-state index contributed by atoms with van der Waals surface area (Å²) in [6, 6.07) is 15.7. The number of hydrogen-bond donors (Lipinski definition) is 2. The highest BCUT2D eigenvalue weighted by Gasteiger charge is 2.29. The molecule has 4 rings (SSSR count). The van der Waals surface area contributed by atoms with Gasteiger partial charge in [-0.25, -0.2) is 4.79 Å². The lowest BCUT2D eigenvalue weighted by Gasteiger charge is -2.26. The molecule has 1 aliphatic heterocycles. The fourth-order valence-electron chi connectivity index (χ4n) is 5.57. The van der Waals surface area contributed by atoms with Crippen LogP contribution in [-0.2, 0) is 38.6 Å². The first-order valence-electron chi connectivity index (χ1n) is 14.7. The number of amides is 3. The predicted molar refractivity (Wildman–Crippen MR) is 168 cm³/mol. The first kappa shape index (κ1) is 32.1. The minimum absolute atomic E-state index is 0.0126. The van der Waals surface area contributed by atoms with Crippen LogP contribution in [0.15, 0.2) is 48.5 Å². The molecule has 0 unspecified atom stereocenters. The Labute approximate surface area is 259 Å². The number of rotatable bonds is 12. The Kier molecular flexibility index (Phi) is 12.8. The van der Waals surface area contributed by atoms with Gasteiger partial charge in [0.25, 0.3) is 0 Å². The quantitative estimate of drug-likeness (QED) is 0.184. The van der Waals surface area contributed by atoms with Crippen LogP contribution >= 0.6 is 23.5 Å². The Morgan fingerprint density at radius 2 is 1.76 bits per heavy atom. The smallest absolute Gasteiger partial charge is 0.417 e. The van der Waals surface area contributed by atoms with Crippen molar-refractivity contribution in [1.82, 2.24) is 14.6 Å². The summed E-state index contributed by atoms with van der Waals surface area (Å²) in [7, 11) is -1.95. The third-order valence-electron chi connectivity index (χ3n) is 7.92. The fourth-order valence-corrected chi connectivity index (χ4v) is 7.99. The summed E-state index contributed by atoms with van der Waals surface area (Å²) in [4.78, 5) is 55.5. The van der Waals surface area contributed by atoms with Crippen LogP contribution in [0.25, 0.3) is 0 Å². The summed E-state index contributed by atoms with van der Waals surface area (Å²) < 4.78 is 7.96. The van der Waals surface area contributed by atoms with Gasteiger partial charge in [-0.2, -0.15) is 0 Å². The second-order valence-corrected chi connectivity index (χ2v) is 14.4. The van der Waals surface area contributed by atoms with E-state index in [4.69, 9.17) is 16.3 Å². The normalized spacial score (nSPS) is 16.2. The number of hydrogen-bond acceptors (Lipinski definition) is 6. The van der Waals surface area contributed by atoms with Crippen molar-refractivity contribution in [2.75, 3.05) is 13.1 Å². The molecule has 2 aromatic rings. The molecule has 1 saturated carbocycles. The third kappa shape index (κ3) is 10.2. The van der Waals surface area contributed by atoms with E-state index in [1.807, 2.05) is 23.1 Å². The molecule has 1 aliphatic carbocycles. The van der Waals surface area contributed by atoms with Crippen molar-refractivity contribution in [2.24, 2.45) is 5.92 Å². The van der Waals surface area contributed by atoms with Crippen molar-refractivity contribution in [1.29, 1.82) is 0 Å². The van der Waals surface area contributed by atoms with Crippen molar-refractivity contribution in [3.63, 3.8) is 0 Å². The summed E-state index contributed by atoms with van der Waals surface area (Å²) in [6.07, 6.45) is 7.36. The Bertz CT molecular complexity index is 1200. The Morgan fingerprint density at radius 1 is 1.05 bits per heavy atom. The van der Waals surface area contributed by atoms with Gasteiger partial charge >= 0.3 is 6.09 Å². The second-order valence-electron chi connectivity index (χ2n) is 10.9. The van der Waals surface area contributed by atoms with Crippen molar-refractivity contribution < 1.29 is 23.9 Å². The zero-order valence-corrected chi connectivity index (χ0v) is 26.4. The molecule has 1 heterocycles. The molecule has 1 radical (unpaired) electrons. The maximum Gasteiger partial charge on any atom is 0.417 e. The molecule has 11 heteroatoms. The monoisotopic (exact) mass is 628 g/mol. The largest absolute Gasteiger partial charge is 0.444 e. The molecule has 0 saturated heterocycles. The molecule has 1 atom stereocenters. The molecule has 3 amide bonds. The molecule has 225 valence electrons. The fraction of sp³-hybridized carbons (Fsp3) is 0.484. The summed E-state index contributed by atoms with van der Waals surface area (Å²) in [5.41, 5.74) is 3.32. The maximum atomic E-state index is 13.4. The summed E-state index contributed by atoms with van der Waals surface area (Å²) in [6.45, 7) is 1.37. The van der Waals surface area contributed by atoms with Crippen LogP contribution in [0.4, 0.5) is 4.79 Å². The van der Waals surface area contributed by atoms with Crippen LogP contribution in [0.2, 0.25) is 11.1 Å². The van der Waals surface area contributed by atoms with Gasteiger partial charge in [0.1, 0.15) is 17.8 Å². The molecule has 1 fully saturated rings. The van der Waals surface area contributed by atoms with Crippen LogP contribution in [-0.4, -0.2) is 56.0 Å². The highest BCUT2D eigenvalue weighted by molar-refractivity contribution is 7.99. The highest BCUT2D eigenvalue weighted by atomic mass is 35.5. The molecule has 2 aromatic carbocycles. The van der Waals surface area contributed by atoms with E-state index in [0.717, 1.165) is 61.9 Å². The molecule has 42 heavy (non-hydrogen) atoms. The lowest BCUT2D eigenvalue weighted by Crippen LogP contribution is -2.46. The Morgan fingerprint density at radius 3 is 2.43 bits per heavy atom. The Balaban J connectivity index is 1.27. The van der Waals surface area contributed by atoms with E-state index in [1.165, 1.54) is 17.5 Å². The first-order chi connectivity index (χ1) is 20.4. The number of carbonyl (C=O) groups is 4. The summed E-state index contributed by atoms with van der Waals surface area (Å²) >= 11 is 7.03. The molecule has 0 spiro atoms. The van der Waals surface area contributed by atoms with E-state index in [1.54, 1.807) is 18.2 Å². The zero-order chi connectivity index (χ0) is 29.7. The van der Waals surface area contributed by atoms with E-state index in [2.05, 4.69) is 21.8 Å². The van der Waals surface area contributed by atoms with Crippen LogP contribution < -0.4 is 9.70 Å². The van der Waals surface area contributed by atoms with Crippen molar-refractivity contribution in [3.8, 4) is 0 Å². The van der Waals surface area contributed by atoms with Gasteiger partial charge in [-0.05, 0) is 72.0 Å². The number of halogens is 1. The Hall–Kier alpha value is -2.82. The maximum absolute atomic E-state index is 13.4. The number of ether oxygens (including phenoxy) is 1. The van der Waals surface area contributed by atoms with Gasteiger partial charge in [0, 0.05) is 24.5 Å². The average molecular weight is 629 g/mol. The van der Waals surface area contributed by atoms with Gasteiger partial charge in [-0.15, -0.1) is 0 Å².